The lowest BCUT2D eigenvalue weighted by Crippen LogP contribution is -2.14. The Morgan fingerprint density at radius 1 is 1.64 bits per heavy atom. The molecule has 0 saturated heterocycles. The fraction of sp³-hybridized carbons (Fsp3) is 0.286. The highest BCUT2D eigenvalue weighted by Crippen LogP contribution is 2.20. The summed E-state index contributed by atoms with van der Waals surface area (Å²) in [7, 11) is 0. The lowest BCUT2D eigenvalue weighted by Gasteiger charge is -1.98. The van der Waals surface area contributed by atoms with Crippen LogP contribution in [0.4, 0.5) is 0 Å². The predicted molar refractivity (Wildman–Crippen MR) is 49.4 cm³/mol. The molecule has 0 fully saturated rings. The first-order chi connectivity index (χ1) is 6.81. The minimum Gasteiger partial charge on any atom is -0.394 e. The molecule has 74 valence electrons. The summed E-state index contributed by atoms with van der Waals surface area (Å²) in [6.07, 6.45) is 1.64. The summed E-state index contributed by atoms with van der Waals surface area (Å²) in [4.78, 5) is 8.73. The number of thiazole rings is 1. The highest BCUT2D eigenvalue weighted by molar-refractivity contribution is 7.13. The van der Waals surface area contributed by atoms with Gasteiger partial charge >= 0.3 is 0 Å². The average Bonchev–Trinajstić information content (AvgIpc) is 2.86. The average molecular weight is 212 g/mol. The largest absolute Gasteiger partial charge is 0.394 e. The number of aromatic nitrogens is 3. The van der Waals surface area contributed by atoms with E-state index in [2.05, 4.69) is 15.1 Å². The standard InChI is InChI=1S/C7H8N4O2S/c8-4(2-12)7-10-6(11-13-7)5-1-9-3-14-5/h1,3-4,12H,2,8H2/t4-/m1/s1. The number of rotatable bonds is 3. The van der Waals surface area contributed by atoms with Gasteiger partial charge in [0.15, 0.2) is 0 Å². The summed E-state index contributed by atoms with van der Waals surface area (Å²) in [5, 5.41) is 12.5. The topological polar surface area (TPSA) is 98.1 Å². The van der Waals surface area contributed by atoms with Crippen LogP contribution < -0.4 is 5.73 Å². The summed E-state index contributed by atoms with van der Waals surface area (Å²) < 4.78 is 4.87. The monoisotopic (exact) mass is 212 g/mol. The van der Waals surface area contributed by atoms with Crippen LogP contribution in [-0.2, 0) is 0 Å². The second kappa shape index (κ2) is 3.82. The van der Waals surface area contributed by atoms with Crippen molar-refractivity contribution < 1.29 is 9.63 Å². The molecule has 6 nitrogen and oxygen atoms in total. The molecule has 0 radical (unpaired) electrons. The first kappa shape index (κ1) is 9.25. The van der Waals surface area contributed by atoms with E-state index >= 15 is 0 Å². The molecule has 0 unspecified atom stereocenters. The van der Waals surface area contributed by atoms with Gasteiger partial charge in [0.2, 0.25) is 11.7 Å². The van der Waals surface area contributed by atoms with Gasteiger partial charge in [0, 0.05) is 6.20 Å². The van der Waals surface area contributed by atoms with Crippen LogP contribution in [0.5, 0.6) is 0 Å². The van der Waals surface area contributed by atoms with Crippen LogP contribution >= 0.6 is 11.3 Å². The summed E-state index contributed by atoms with van der Waals surface area (Å²) in [5.41, 5.74) is 7.18. The molecule has 14 heavy (non-hydrogen) atoms. The number of aliphatic hydroxyl groups excluding tert-OH is 1. The Hall–Kier alpha value is -1.31. The van der Waals surface area contributed by atoms with Gasteiger partial charge in [0.1, 0.15) is 6.04 Å². The van der Waals surface area contributed by atoms with Crippen molar-refractivity contribution in [1.29, 1.82) is 0 Å². The Kier molecular flexibility index (Phi) is 2.53. The minimum atomic E-state index is -0.621. The van der Waals surface area contributed by atoms with Gasteiger partial charge in [-0.1, -0.05) is 5.16 Å². The molecule has 0 spiro atoms. The van der Waals surface area contributed by atoms with Gasteiger partial charge in [-0.25, -0.2) is 0 Å². The van der Waals surface area contributed by atoms with Crippen molar-refractivity contribution in [1.82, 2.24) is 15.1 Å². The maximum absolute atomic E-state index is 8.77. The van der Waals surface area contributed by atoms with Crippen molar-refractivity contribution in [3.63, 3.8) is 0 Å². The van der Waals surface area contributed by atoms with Gasteiger partial charge in [-0.2, -0.15) is 4.98 Å². The smallest absolute Gasteiger partial charge is 0.246 e. The molecule has 0 aliphatic carbocycles. The zero-order valence-corrected chi connectivity index (χ0v) is 7.94. The van der Waals surface area contributed by atoms with Gasteiger partial charge in [-0.3, -0.25) is 4.98 Å². The van der Waals surface area contributed by atoms with Crippen molar-refractivity contribution in [2.45, 2.75) is 6.04 Å². The number of hydrogen-bond acceptors (Lipinski definition) is 7. The SMILES string of the molecule is N[C@H](CO)c1nc(-c2cncs2)no1. The van der Waals surface area contributed by atoms with Crippen molar-refractivity contribution in [2.24, 2.45) is 5.73 Å². The zero-order chi connectivity index (χ0) is 9.97. The number of hydrogen-bond donors (Lipinski definition) is 2. The fourth-order valence-electron chi connectivity index (χ4n) is 0.890. The van der Waals surface area contributed by atoms with E-state index in [0.717, 1.165) is 4.88 Å². The van der Waals surface area contributed by atoms with Crippen LogP contribution in [-0.4, -0.2) is 26.8 Å². The molecule has 0 aromatic carbocycles. The third-order valence-electron chi connectivity index (χ3n) is 1.61. The van der Waals surface area contributed by atoms with Crippen LogP contribution in [0.1, 0.15) is 11.9 Å². The molecule has 0 aliphatic rings. The number of aliphatic hydroxyl groups is 1. The Morgan fingerprint density at radius 2 is 2.50 bits per heavy atom. The van der Waals surface area contributed by atoms with E-state index < -0.39 is 6.04 Å². The van der Waals surface area contributed by atoms with Crippen LogP contribution in [0.15, 0.2) is 16.2 Å². The van der Waals surface area contributed by atoms with Crippen molar-refractivity contribution in [3.05, 3.63) is 17.6 Å². The lowest BCUT2D eigenvalue weighted by molar-refractivity contribution is 0.237. The second-order valence-electron chi connectivity index (χ2n) is 2.61. The predicted octanol–water partition coefficient (Wildman–Crippen LogP) is 0.185. The summed E-state index contributed by atoms with van der Waals surface area (Å²) >= 11 is 1.41. The molecule has 2 rings (SSSR count). The van der Waals surface area contributed by atoms with Crippen LogP contribution in [0.25, 0.3) is 10.7 Å². The molecule has 7 heteroatoms. The van der Waals surface area contributed by atoms with Crippen molar-refractivity contribution >= 4 is 11.3 Å². The number of nitrogens with two attached hydrogens (primary N) is 1. The van der Waals surface area contributed by atoms with E-state index in [-0.39, 0.29) is 12.5 Å². The molecule has 2 aromatic heterocycles. The Balaban J connectivity index is 2.26. The van der Waals surface area contributed by atoms with Gasteiger partial charge in [0.05, 0.1) is 17.0 Å². The van der Waals surface area contributed by atoms with E-state index in [0.29, 0.717) is 5.82 Å². The first-order valence-corrected chi connectivity index (χ1v) is 4.78. The Labute approximate surface area is 83.4 Å². The molecule has 2 aromatic rings. The van der Waals surface area contributed by atoms with Gasteiger partial charge < -0.3 is 15.4 Å². The molecule has 1 atom stereocenters. The van der Waals surface area contributed by atoms with Crippen LogP contribution in [0.3, 0.4) is 0 Å². The lowest BCUT2D eigenvalue weighted by atomic mass is 10.3. The molecule has 0 saturated carbocycles. The molecule has 0 aliphatic heterocycles. The van der Waals surface area contributed by atoms with Crippen molar-refractivity contribution in [2.75, 3.05) is 6.61 Å². The Morgan fingerprint density at radius 3 is 3.14 bits per heavy atom. The molecule has 0 amide bonds. The van der Waals surface area contributed by atoms with Gasteiger partial charge in [-0.05, 0) is 0 Å². The fourth-order valence-corrected chi connectivity index (χ4v) is 1.44. The van der Waals surface area contributed by atoms with E-state index in [9.17, 15) is 0 Å². The van der Waals surface area contributed by atoms with Gasteiger partial charge in [0.25, 0.3) is 0 Å². The molecule has 2 heterocycles. The van der Waals surface area contributed by atoms with Gasteiger partial charge in [-0.15, -0.1) is 11.3 Å². The van der Waals surface area contributed by atoms with Crippen LogP contribution in [0, 0.1) is 0 Å². The highest BCUT2D eigenvalue weighted by atomic mass is 32.1. The molecular weight excluding hydrogens is 204 g/mol. The highest BCUT2D eigenvalue weighted by Gasteiger charge is 2.15. The molecular formula is C7H8N4O2S. The second-order valence-corrected chi connectivity index (χ2v) is 3.50. The summed E-state index contributed by atoms with van der Waals surface area (Å²) in [6, 6.07) is -0.621. The third kappa shape index (κ3) is 1.65. The third-order valence-corrected chi connectivity index (χ3v) is 2.38. The molecule has 0 bridgehead atoms. The first-order valence-electron chi connectivity index (χ1n) is 3.90. The quantitative estimate of drug-likeness (QED) is 0.753. The number of nitrogens with zero attached hydrogens (tertiary/aromatic N) is 3. The van der Waals surface area contributed by atoms with Crippen molar-refractivity contribution in [3.8, 4) is 10.7 Å². The maximum atomic E-state index is 8.77. The van der Waals surface area contributed by atoms with Crippen LogP contribution in [0.2, 0.25) is 0 Å². The van der Waals surface area contributed by atoms with E-state index in [1.54, 1.807) is 11.7 Å². The summed E-state index contributed by atoms with van der Waals surface area (Å²) in [6.45, 7) is -0.218. The Bertz CT molecular complexity index is 399. The van der Waals surface area contributed by atoms with E-state index in [4.69, 9.17) is 15.4 Å². The summed E-state index contributed by atoms with van der Waals surface area (Å²) in [5.74, 6) is 0.683. The van der Waals surface area contributed by atoms with E-state index in [1.807, 2.05) is 0 Å². The zero-order valence-electron chi connectivity index (χ0n) is 7.12. The minimum absolute atomic E-state index is 0.218. The normalized spacial score (nSPS) is 13.0. The maximum Gasteiger partial charge on any atom is 0.246 e. The van der Waals surface area contributed by atoms with E-state index in [1.165, 1.54) is 11.3 Å². The molecule has 3 N–H and O–H groups in total.